The van der Waals surface area contributed by atoms with Crippen LogP contribution in [0.25, 0.3) is 0 Å². The van der Waals surface area contributed by atoms with Gasteiger partial charge in [0.15, 0.2) is 15.8 Å². The zero-order chi connectivity index (χ0) is 26.5. The highest BCUT2D eigenvalue weighted by molar-refractivity contribution is 7.91. The number of carboxylic acids is 1. The molecule has 0 aromatic heterocycles. The number of nitrogens with one attached hydrogen (secondary N) is 1. The Hall–Kier alpha value is -2.75. The summed E-state index contributed by atoms with van der Waals surface area (Å²) in [6.45, 7) is 10.2. The van der Waals surface area contributed by atoms with Gasteiger partial charge in [-0.05, 0) is 55.6 Å². The van der Waals surface area contributed by atoms with Gasteiger partial charge in [0, 0.05) is 31.2 Å². The predicted octanol–water partition coefficient (Wildman–Crippen LogP) is 2.82. The number of allylic oxidation sites excluding steroid dienone is 1. The van der Waals surface area contributed by atoms with E-state index in [0.29, 0.717) is 66.9 Å². The number of hydrogen-bond acceptors (Lipinski definition) is 6. The summed E-state index contributed by atoms with van der Waals surface area (Å²) in [6, 6.07) is 4.75. The van der Waals surface area contributed by atoms with Crippen molar-refractivity contribution < 1.29 is 18.3 Å². The third-order valence-electron chi connectivity index (χ3n) is 7.31. The molecule has 0 aliphatic carbocycles. The van der Waals surface area contributed by atoms with Crippen LogP contribution >= 0.6 is 0 Å². The van der Waals surface area contributed by atoms with Crippen LogP contribution in [0.15, 0.2) is 40.4 Å². The molecule has 1 unspecified atom stereocenters. The lowest BCUT2D eigenvalue weighted by Crippen LogP contribution is -2.47. The maximum Gasteiger partial charge on any atom is 0.326 e. The minimum atomic E-state index is -3.67. The number of unbranched alkanes of at least 4 members (excludes halogenated alkanes) is 1. The average molecular weight is 520 g/mol. The molecule has 9 nitrogen and oxygen atoms in total. The second kappa shape index (κ2) is 12.0. The number of sulfone groups is 1. The summed E-state index contributed by atoms with van der Waals surface area (Å²) in [6.07, 6.45) is 4.14. The molecule has 2 aliphatic heterocycles. The number of guanidine groups is 1. The molecule has 2 heterocycles. The molecule has 0 amide bonds. The van der Waals surface area contributed by atoms with Gasteiger partial charge in [-0.15, -0.1) is 0 Å². The summed E-state index contributed by atoms with van der Waals surface area (Å²) in [7, 11) is -3.67. The molecule has 3 rings (SSSR count). The van der Waals surface area contributed by atoms with Crippen LogP contribution < -0.4 is 16.8 Å². The van der Waals surface area contributed by atoms with Gasteiger partial charge in [-0.2, -0.15) is 0 Å². The minimum absolute atomic E-state index is 0.0287. The monoisotopic (exact) mass is 519 g/mol. The quantitative estimate of drug-likeness (QED) is 0.198. The van der Waals surface area contributed by atoms with Gasteiger partial charge < -0.3 is 26.8 Å². The SMILES string of the molecule is C=C([C@H](CCCCN=C(N)N)CS(=O)(=O)c1cccc2c1NCC(C)C2)N1CC[C@@H](C)C[C@@H]1C(=O)O. The van der Waals surface area contributed by atoms with Gasteiger partial charge in [0.25, 0.3) is 0 Å². The van der Waals surface area contributed by atoms with Crippen LogP contribution in [0.2, 0.25) is 0 Å². The Morgan fingerprint density at radius 2 is 2.03 bits per heavy atom. The van der Waals surface area contributed by atoms with E-state index in [4.69, 9.17) is 11.5 Å². The molecule has 1 fully saturated rings. The largest absolute Gasteiger partial charge is 0.480 e. The van der Waals surface area contributed by atoms with Gasteiger partial charge in [0.2, 0.25) is 0 Å². The molecule has 10 heteroatoms. The van der Waals surface area contributed by atoms with Gasteiger partial charge in [-0.3, -0.25) is 4.99 Å². The highest BCUT2D eigenvalue weighted by atomic mass is 32.2. The van der Waals surface area contributed by atoms with E-state index in [2.05, 4.69) is 23.8 Å². The lowest BCUT2D eigenvalue weighted by atomic mass is 9.89. The first-order valence-electron chi connectivity index (χ1n) is 12.8. The minimum Gasteiger partial charge on any atom is -0.480 e. The summed E-state index contributed by atoms with van der Waals surface area (Å²) in [5.41, 5.74) is 13.1. The van der Waals surface area contributed by atoms with Crippen LogP contribution in [0.5, 0.6) is 0 Å². The Labute approximate surface area is 214 Å². The van der Waals surface area contributed by atoms with E-state index in [0.717, 1.165) is 24.9 Å². The Morgan fingerprint density at radius 1 is 1.28 bits per heavy atom. The molecule has 1 aromatic carbocycles. The van der Waals surface area contributed by atoms with Gasteiger partial charge in [-0.25, -0.2) is 13.2 Å². The number of hydrogen-bond donors (Lipinski definition) is 4. The number of nitrogens with two attached hydrogens (primary N) is 2. The first kappa shape index (κ1) is 27.8. The van der Waals surface area contributed by atoms with Crippen molar-refractivity contribution in [2.24, 2.45) is 34.2 Å². The van der Waals surface area contributed by atoms with E-state index in [1.165, 1.54) is 0 Å². The maximum absolute atomic E-state index is 13.8. The number of likely N-dealkylation sites (tertiary alicyclic amines) is 1. The molecule has 200 valence electrons. The van der Waals surface area contributed by atoms with E-state index in [1.54, 1.807) is 12.1 Å². The van der Waals surface area contributed by atoms with E-state index < -0.39 is 27.8 Å². The fraction of sp³-hybridized carbons (Fsp3) is 0.615. The number of para-hydroxylation sites is 1. The van der Waals surface area contributed by atoms with E-state index >= 15 is 0 Å². The second-order valence-corrected chi connectivity index (χ2v) is 12.4. The molecule has 1 saturated heterocycles. The highest BCUT2D eigenvalue weighted by Gasteiger charge is 2.36. The predicted molar refractivity (Wildman–Crippen MR) is 144 cm³/mol. The smallest absolute Gasteiger partial charge is 0.326 e. The van der Waals surface area contributed by atoms with Crippen molar-refractivity contribution in [2.45, 2.75) is 63.3 Å². The first-order chi connectivity index (χ1) is 17.0. The summed E-state index contributed by atoms with van der Waals surface area (Å²) in [4.78, 5) is 18.2. The molecule has 1 aromatic rings. The van der Waals surface area contributed by atoms with Crippen molar-refractivity contribution in [3.8, 4) is 0 Å². The van der Waals surface area contributed by atoms with Crippen molar-refractivity contribution in [1.29, 1.82) is 0 Å². The number of anilines is 1. The van der Waals surface area contributed by atoms with Crippen molar-refractivity contribution in [3.63, 3.8) is 0 Å². The number of nitrogens with zero attached hydrogens (tertiary/aromatic N) is 2. The standard InChI is InChI=1S/C26H41N5O4S/c1-17-10-12-31(22(14-17)25(32)33)19(3)21(7-4-5-11-29-26(27)28)16-36(34,35)23-9-6-8-20-13-18(2)15-30-24(20)23/h6,8-9,17-18,21-22,30H,3-5,7,10-16H2,1-2H3,(H,32,33)(H4,27,28,29)/t17-,18?,21-,22-/m1/s1. The topological polar surface area (TPSA) is 151 Å². The summed E-state index contributed by atoms with van der Waals surface area (Å²) >= 11 is 0. The Morgan fingerprint density at radius 3 is 2.72 bits per heavy atom. The summed E-state index contributed by atoms with van der Waals surface area (Å²) in [5, 5.41) is 13.2. The zero-order valence-corrected chi connectivity index (χ0v) is 22.3. The van der Waals surface area contributed by atoms with Crippen molar-refractivity contribution >= 4 is 27.5 Å². The number of aliphatic carboxylic acids is 1. The Bertz CT molecular complexity index is 1080. The molecule has 0 radical (unpaired) electrons. The molecule has 6 N–H and O–H groups in total. The van der Waals surface area contributed by atoms with Gasteiger partial charge in [0.1, 0.15) is 6.04 Å². The number of carbonyl (C=O) groups is 1. The lowest BCUT2D eigenvalue weighted by molar-refractivity contribution is -0.144. The van der Waals surface area contributed by atoms with Crippen molar-refractivity contribution in [2.75, 3.05) is 30.7 Å². The van der Waals surface area contributed by atoms with Crippen LogP contribution in [-0.2, 0) is 21.1 Å². The normalized spacial score (nSPS) is 22.7. The number of fused-ring (bicyclic) bond motifs is 1. The Balaban J connectivity index is 1.85. The van der Waals surface area contributed by atoms with Crippen molar-refractivity contribution in [1.82, 2.24) is 4.90 Å². The van der Waals surface area contributed by atoms with E-state index in [9.17, 15) is 18.3 Å². The summed E-state index contributed by atoms with van der Waals surface area (Å²) < 4.78 is 27.5. The lowest BCUT2D eigenvalue weighted by Gasteiger charge is -2.41. The van der Waals surface area contributed by atoms with Crippen molar-refractivity contribution in [3.05, 3.63) is 36.0 Å². The Kier molecular flexibility index (Phi) is 9.27. The molecule has 36 heavy (non-hydrogen) atoms. The van der Waals surface area contributed by atoms with Gasteiger partial charge in [-0.1, -0.05) is 39.0 Å². The number of piperidine rings is 1. The van der Waals surface area contributed by atoms with Gasteiger partial charge >= 0.3 is 5.97 Å². The van der Waals surface area contributed by atoms with Crippen LogP contribution in [-0.4, -0.2) is 61.8 Å². The zero-order valence-electron chi connectivity index (χ0n) is 21.4. The van der Waals surface area contributed by atoms with Crippen LogP contribution in [0, 0.1) is 17.8 Å². The van der Waals surface area contributed by atoms with Crippen LogP contribution in [0.1, 0.15) is 51.5 Å². The third-order valence-corrected chi connectivity index (χ3v) is 9.16. The number of benzene rings is 1. The molecule has 0 saturated carbocycles. The second-order valence-electron chi connectivity index (χ2n) is 10.4. The highest BCUT2D eigenvalue weighted by Crippen LogP contribution is 2.35. The van der Waals surface area contributed by atoms with E-state index in [1.807, 2.05) is 17.9 Å². The molecule has 0 spiro atoms. The molecular weight excluding hydrogens is 478 g/mol. The number of carboxylic acid groups (broad SMARTS) is 1. The third kappa shape index (κ3) is 6.93. The number of rotatable bonds is 11. The molecule has 2 aliphatic rings. The maximum atomic E-state index is 13.8. The number of aliphatic imine (C=N–C) groups is 1. The average Bonchev–Trinajstić information content (AvgIpc) is 2.81. The van der Waals surface area contributed by atoms with Crippen LogP contribution in [0.4, 0.5) is 5.69 Å². The van der Waals surface area contributed by atoms with E-state index in [-0.39, 0.29) is 11.7 Å². The molecular formula is C26H41N5O4S. The molecule has 0 bridgehead atoms. The first-order valence-corrected chi connectivity index (χ1v) is 14.5. The van der Waals surface area contributed by atoms with Gasteiger partial charge in [0.05, 0.1) is 16.3 Å². The summed E-state index contributed by atoms with van der Waals surface area (Å²) in [5.74, 6) is -0.680. The van der Waals surface area contributed by atoms with Crippen LogP contribution in [0.3, 0.4) is 0 Å². The fourth-order valence-corrected chi connectivity index (χ4v) is 7.16. The molecule has 4 atom stereocenters. The fourth-order valence-electron chi connectivity index (χ4n) is 5.30.